The van der Waals surface area contributed by atoms with E-state index < -0.39 is 42.4 Å². The van der Waals surface area contributed by atoms with Crippen LogP contribution in [0.4, 0.5) is 4.79 Å². The number of hydrogen-bond acceptors (Lipinski definition) is 4. The van der Waals surface area contributed by atoms with E-state index in [0.717, 1.165) is 0 Å². The fourth-order valence-electron chi connectivity index (χ4n) is 1.93. The van der Waals surface area contributed by atoms with Crippen LogP contribution >= 0.6 is 0 Å². The van der Waals surface area contributed by atoms with Gasteiger partial charge in [0.1, 0.15) is 12.1 Å². The van der Waals surface area contributed by atoms with Crippen LogP contribution in [0.15, 0.2) is 30.3 Å². The number of carboxylic acid groups (broad SMARTS) is 3. The Morgan fingerprint density at radius 2 is 1.38 bits per heavy atom. The van der Waals surface area contributed by atoms with Crippen LogP contribution in [-0.2, 0) is 20.8 Å². The first-order valence-electron chi connectivity index (χ1n) is 7.08. The summed E-state index contributed by atoms with van der Waals surface area (Å²) in [4.78, 5) is 44.5. The summed E-state index contributed by atoms with van der Waals surface area (Å²) in [6.45, 7) is 0. The SMILES string of the molecule is O=C(O)CCC(NC(=O)N[C@@H](Cc1ccccc1)C(=O)O)C(=O)O.[K+].[NH2-]. The third-order valence-electron chi connectivity index (χ3n) is 3.14. The molecule has 26 heavy (non-hydrogen) atoms. The summed E-state index contributed by atoms with van der Waals surface area (Å²) >= 11 is 0. The molecule has 0 bridgehead atoms. The largest absolute Gasteiger partial charge is 1.00 e. The van der Waals surface area contributed by atoms with E-state index in [1.54, 1.807) is 30.3 Å². The van der Waals surface area contributed by atoms with Gasteiger partial charge in [-0.25, -0.2) is 14.4 Å². The Morgan fingerprint density at radius 3 is 1.85 bits per heavy atom. The van der Waals surface area contributed by atoms with Crippen LogP contribution in [-0.4, -0.2) is 51.3 Å². The molecule has 0 aromatic heterocycles. The molecule has 7 N–H and O–H groups in total. The zero-order valence-corrected chi connectivity index (χ0v) is 17.3. The summed E-state index contributed by atoms with van der Waals surface area (Å²) in [5, 5.41) is 30.9. The zero-order chi connectivity index (χ0) is 18.1. The number of hydrogen-bond donors (Lipinski definition) is 5. The van der Waals surface area contributed by atoms with E-state index in [9.17, 15) is 19.2 Å². The van der Waals surface area contributed by atoms with Crippen molar-refractivity contribution in [3.63, 3.8) is 0 Å². The Balaban J connectivity index is 0. The maximum absolute atomic E-state index is 11.8. The van der Waals surface area contributed by atoms with Gasteiger partial charge >= 0.3 is 75.3 Å². The Hall–Kier alpha value is -1.50. The molecule has 1 aromatic carbocycles. The van der Waals surface area contributed by atoms with Crippen molar-refractivity contribution in [2.24, 2.45) is 0 Å². The van der Waals surface area contributed by atoms with Gasteiger partial charge in [-0.1, -0.05) is 30.3 Å². The molecule has 0 saturated carbocycles. The van der Waals surface area contributed by atoms with Gasteiger partial charge in [-0.05, 0) is 12.0 Å². The van der Waals surface area contributed by atoms with E-state index in [1.165, 1.54) is 0 Å². The molecular weight excluding hydrogens is 373 g/mol. The number of rotatable bonds is 9. The van der Waals surface area contributed by atoms with Crippen molar-refractivity contribution in [1.82, 2.24) is 10.6 Å². The molecule has 0 saturated heterocycles. The minimum absolute atomic E-state index is 0. The van der Waals surface area contributed by atoms with Crippen LogP contribution < -0.4 is 62.0 Å². The van der Waals surface area contributed by atoms with Gasteiger partial charge in [0.25, 0.3) is 0 Å². The Bertz CT molecular complexity index is 613. The van der Waals surface area contributed by atoms with E-state index in [1.807, 2.05) is 0 Å². The maximum Gasteiger partial charge on any atom is 1.00 e. The van der Waals surface area contributed by atoms with E-state index in [0.29, 0.717) is 5.56 Å². The Labute approximate surface area is 192 Å². The molecule has 0 spiro atoms. The number of carbonyl (C=O) groups is 4. The molecule has 0 fully saturated rings. The van der Waals surface area contributed by atoms with Gasteiger partial charge < -0.3 is 32.1 Å². The van der Waals surface area contributed by atoms with Gasteiger partial charge in [-0.3, -0.25) is 4.79 Å². The van der Waals surface area contributed by atoms with Gasteiger partial charge in [0.05, 0.1) is 0 Å². The van der Waals surface area contributed by atoms with E-state index in [2.05, 4.69) is 10.6 Å². The number of amides is 2. The number of nitrogens with two attached hydrogens (primary N) is 1. The van der Waals surface area contributed by atoms with Crippen LogP contribution in [0.25, 0.3) is 6.15 Å². The molecule has 11 heteroatoms. The maximum atomic E-state index is 11.8. The number of aliphatic carboxylic acids is 3. The van der Waals surface area contributed by atoms with Crippen LogP contribution in [0.5, 0.6) is 0 Å². The zero-order valence-electron chi connectivity index (χ0n) is 14.2. The van der Waals surface area contributed by atoms with Crippen LogP contribution in [0.2, 0.25) is 0 Å². The predicted molar refractivity (Wildman–Crippen MR) is 86.8 cm³/mol. The van der Waals surface area contributed by atoms with Crippen molar-refractivity contribution in [2.45, 2.75) is 31.3 Å². The number of benzene rings is 1. The van der Waals surface area contributed by atoms with Crippen LogP contribution in [0, 0.1) is 0 Å². The first-order valence-corrected chi connectivity index (χ1v) is 7.08. The van der Waals surface area contributed by atoms with Crippen molar-refractivity contribution in [3.05, 3.63) is 42.0 Å². The van der Waals surface area contributed by atoms with Crippen molar-refractivity contribution < 1.29 is 85.9 Å². The summed E-state index contributed by atoms with van der Waals surface area (Å²) in [7, 11) is 0. The van der Waals surface area contributed by atoms with Gasteiger partial charge in [0, 0.05) is 12.8 Å². The van der Waals surface area contributed by atoms with Gasteiger partial charge in [0.15, 0.2) is 0 Å². The van der Waals surface area contributed by atoms with E-state index >= 15 is 0 Å². The molecule has 10 nitrogen and oxygen atoms in total. The van der Waals surface area contributed by atoms with Crippen molar-refractivity contribution in [1.29, 1.82) is 0 Å². The molecule has 1 unspecified atom stereocenters. The van der Waals surface area contributed by atoms with Crippen molar-refractivity contribution in [2.75, 3.05) is 0 Å². The molecule has 0 radical (unpaired) electrons. The summed E-state index contributed by atoms with van der Waals surface area (Å²) < 4.78 is 0. The second-order valence-electron chi connectivity index (χ2n) is 5.02. The molecule has 0 aliphatic heterocycles. The second kappa shape index (κ2) is 13.7. The molecule has 2 atom stereocenters. The van der Waals surface area contributed by atoms with Crippen LogP contribution in [0.1, 0.15) is 18.4 Å². The first kappa shape index (κ1) is 26.7. The van der Waals surface area contributed by atoms with E-state index in [4.69, 9.17) is 15.3 Å². The Morgan fingerprint density at radius 1 is 0.885 bits per heavy atom. The smallest absolute Gasteiger partial charge is 0.693 e. The van der Waals surface area contributed by atoms with Crippen molar-refractivity contribution >= 4 is 23.9 Å². The molecule has 0 aliphatic carbocycles. The molecule has 138 valence electrons. The average Bonchev–Trinajstić information content (AvgIpc) is 2.51. The van der Waals surface area contributed by atoms with Crippen molar-refractivity contribution in [3.8, 4) is 0 Å². The predicted octanol–water partition coefficient (Wildman–Crippen LogP) is -1.98. The fraction of sp³-hybridized carbons (Fsp3) is 0.333. The fourth-order valence-corrected chi connectivity index (χ4v) is 1.93. The third kappa shape index (κ3) is 10.5. The minimum atomic E-state index is -1.42. The van der Waals surface area contributed by atoms with Crippen LogP contribution in [0.3, 0.4) is 0 Å². The molecule has 2 amide bonds. The first-order chi connectivity index (χ1) is 11.3. The molecule has 1 rings (SSSR count). The molecule has 1 aromatic rings. The summed E-state index contributed by atoms with van der Waals surface area (Å²) in [6, 6.07) is 4.94. The third-order valence-corrected chi connectivity index (χ3v) is 3.14. The standard InChI is InChI=1S/C15H18N2O7.K.H2N/c18-12(19)7-6-10(13(20)21)16-15(24)17-11(14(22)23)8-9-4-2-1-3-5-9;;/h1-5,10-11H,6-8H2,(H,18,19)(H,20,21)(H,22,23)(H2,16,17,24);;1H2/q;+1;-1/t10?,11-;;/m0../s1. The molecule has 0 heterocycles. The number of urea groups is 1. The molecular formula is C15H20KN3O7. The average molecular weight is 393 g/mol. The quantitative estimate of drug-likeness (QED) is 0.301. The number of carboxylic acids is 3. The minimum Gasteiger partial charge on any atom is -0.693 e. The number of carbonyl (C=O) groups excluding carboxylic acids is 1. The Kier molecular flexibility index (Phi) is 14.0. The monoisotopic (exact) mass is 393 g/mol. The van der Waals surface area contributed by atoms with E-state index in [-0.39, 0.29) is 70.4 Å². The van der Waals surface area contributed by atoms with Gasteiger partial charge in [0.2, 0.25) is 0 Å². The van der Waals surface area contributed by atoms with Gasteiger partial charge in [-0.2, -0.15) is 0 Å². The summed E-state index contributed by atoms with van der Waals surface area (Å²) in [5.41, 5.74) is 0.686. The number of nitrogens with one attached hydrogen (secondary N) is 2. The van der Waals surface area contributed by atoms with Gasteiger partial charge in [-0.15, -0.1) is 0 Å². The normalized spacial score (nSPS) is 11.7. The topological polar surface area (TPSA) is 187 Å². The summed E-state index contributed by atoms with van der Waals surface area (Å²) in [6.07, 6.45) is -0.728. The molecule has 0 aliphatic rings. The second-order valence-corrected chi connectivity index (χ2v) is 5.02. The summed E-state index contributed by atoms with van der Waals surface area (Å²) in [5.74, 6) is -3.87.